The lowest BCUT2D eigenvalue weighted by Gasteiger charge is -2.08. The van der Waals surface area contributed by atoms with Gasteiger partial charge in [0.15, 0.2) is 5.76 Å². The Labute approximate surface area is 121 Å². The molecule has 3 heterocycles. The molecule has 6 nitrogen and oxygen atoms in total. The first-order valence-corrected chi connectivity index (χ1v) is 6.54. The van der Waals surface area contributed by atoms with Gasteiger partial charge in [-0.2, -0.15) is 0 Å². The van der Waals surface area contributed by atoms with Crippen LogP contribution in [0.5, 0.6) is 0 Å². The number of rotatable bonds is 5. The van der Waals surface area contributed by atoms with Gasteiger partial charge in [-0.3, -0.25) is 9.78 Å². The highest BCUT2D eigenvalue weighted by molar-refractivity contribution is 5.75. The van der Waals surface area contributed by atoms with Crippen molar-refractivity contribution in [1.82, 2.24) is 19.9 Å². The zero-order valence-corrected chi connectivity index (χ0v) is 11.3. The standard InChI is InChI=1S/C15H14N4O2/c20-14(11-19-7-1-2-8-19)18-10-12-15(17-6-5-16-12)13-4-3-9-21-13/h1-9H,10-11H2,(H,18,20). The van der Waals surface area contributed by atoms with Crippen LogP contribution in [0.4, 0.5) is 0 Å². The molecule has 0 aliphatic heterocycles. The van der Waals surface area contributed by atoms with Crippen LogP contribution >= 0.6 is 0 Å². The fourth-order valence-corrected chi connectivity index (χ4v) is 1.99. The molecule has 3 rings (SSSR count). The van der Waals surface area contributed by atoms with E-state index in [2.05, 4.69) is 15.3 Å². The molecule has 0 unspecified atom stereocenters. The molecule has 0 spiro atoms. The molecule has 3 aromatic rings. The van der Waals surface area contributed by atoms with E-state index in [1.807, 2.05) is 30.6 Å². The number of carbonyl (C=O) groups excluding carboxylic acids is 1. The third kappa shape index (κ3) is 3.17. The summed E-state index contributed by atoms with van der Waals surface area (Å²) in [6, 6.07) is 7.36. The molecule has 0 saturated carbocycles. The molecule has 6 heteroatoms. The molecule has 21 heavy (non-hydrogen) atoms. The van der Waals surface area contributed by atoms with E-state index in [-0.39, 0.29) is 12.5 Å². The van der Waals surface area contributed by atoms with E-state index < -0.39 is 0 Å². The van der Waals surface area contributed by atoms with Crippen molar-refractivity contribution in [2.24, 2.45) is 0 Å². The molecule has 0 fully saturated rings. The summed E-state index contributed by atoms with van der Waals surface area (Å²) in [6.45, 7) is 0.591. The summed E-state index contributed by atoms with van der Waals surface area (Å²) in [6.07, 6.45) is 8.47. The van der Waals surface area contributed by atoms with Gasteiger partial charge < -0.3 is 14.3 Å². The van der Waals surface area contributed by atoms with E-state index in [4.69, 9.17) is 4.42 Å². The lowest BCUT2D eigenvalue weighted by molar-refractivity contribution is -0.121. The van der Waals surface area contributed by atoms with Crippen LogP contribution in [0.25, 0.3) is 11.5 Å². The molecule has 0 radical (unpaired) electrons. The van der Waals surface area contributed by atoms with Crippen molar-refractivity contribution in [1.29, 1.82) is 0 Å². The van der Waals surface area contributed by atoms with E-state index in [1.54, 1.807) is 29.3 Å². The first-order chi connectivity index (χ1) is 10.3. The Kier molecular flexibility index (Phi) is 3.77. The van der Waals surface area contributed by atoms with Crippen LogP contribution in [0.2, 0.25) is 0 Å². The van der Waals surface area contributed by atoms with Crippen molar-refractivity contribution in [3.8, 4) is 11.5 Å². The Bertz CT molecular complexity index is 705. The van der Waals surface area contributed by atoms with Gasteiger partial charge in [-0.05, 0) is 24.3 Å². The van der Waals surface area contributed by atoms with Crippen LogP contribution in [-0.2, 0) is 17.9 Å². The Balaban J connectivity index is 1.67. The summed E-state index contributed by atoms with van der Waals surface area (Å²) in [7, 11) is 0. The lowest BCUT2D eigenvalue weighted by Crippen LogP contribution is -2.27. The van der Waals surface area contributed by atoms with Gasteiger partial charge in [0.05, 0.1) is 18.5 Å². The fraction of sp³-hybridized carbons (Fsp3) is 0.133. The quantitative estimate of drug-likeness (QED) is 0.775. The summed E-state index contributed by atoms with van der Waals surface area (Å²) in [4.78, 5) is 20.4. The normalized spacial score (nSPS) is 10.5. The van der Waals surface area contributed by atoms with Crippen LogP contribution < -0.4 is 5.32 Å². The second-order valence-corrected chi connectivity index (χ2v) is 4.46. The number of nitrogens with zero attached hydrogens (tertiary/aromatic N) is 3. The maximum absolute atomic E-state index is 11.9. The van der Waals surface area contributed by atoms with Crippen molar-refractivity contribution in [2.75, 3.05) is 0 Å². The van der Waals surface area contributed by atoms with Crippen LogP contribution in [0, 0.1) is 0 Å². The number of nitrogens with one attached hydrogen (secondary N) is 1. The van der Waals surface area contributed by atoms with Gasteiger partial charge in [0, 0.05) is 24.8 Å². The molecule has 1 N–H and O–H groups in total. The predicted octanol–water partition coefficient (Wildman–Crippen LogP) is 1.85. The molecular formula is C15H14N4O2. The molecule has 0 bridgehead atoms. The molecule has 0 aliphatic carbocycles. The van der Waals surface area contributed by atoms with Gasteiger partial charge in [-0.1, -0.05) is 0 Å². The van der Waals surface area contributed by atoms with E-state index in [0.29, 0.717) is 23.7 Å². The third-order valence-electron chi connectivity index (χ3n) is 2.97. The van der Waals surface area contributed by atoms with Gasteiger partial charge in [0.1, 0.15) is 12.2 Å². The topological polar surface area (TPSA) is 73.0 Å². The molecule has 0 aromatic carbocycles. The summed E-state index contributed by atoms with van der Waals surface area (Å²) in [5.74, 6) is 0.556. The molecule has 3 aromatic heterocycles. The highest BCUT2D eigenvalue weighted by atomic mass is 16.3. The van der Waals surface area contributed by atoms with Crippen LogP contribution in [-0.4, -0.2) is 20.4 Å². The smallest absolute Gasteiger partial charge is 0.240 e. The minimum atomic E-state index is -0.0813. The molecule has 0 atom stereocenters. The maximum atomic E-state index is 11.9. The molecular weight excluding hydrogens is 268 g/mol. The minimum absolute atomic E-state index is 0.0813. The Morgan fingerprint density at radius 1 is 1.19 bits per heavy atom. The van der Waals surface area contributed by atoms with Crippen molar-refractivity contribution in [3.05, 3.63) is 61.0 Å². The predicted molar refractivity (Wildman–Crippen MR) is 76.0 cm³/mol. The first kappa shape index (κ1) is 13.1. The van der Waals surface area contributed by atoms with E-state index >= 15 is 0 Å². The van der Waals surface area contributed by atoms with Crippen molar-refractivity contribution < 1.29 is 9.21 Å². The molecule has 0 aliphatic rings. The van der Waals surface area contributed by atoms with E-state index in [1.165, 1.54) is 0 Å². The third-order valence-corrected chi connectivity index (χ3v) is 2.97. The summed E-state index contributed by atoms with van der Waals surface area (Å²) < 4.78 is 7.14. The molecule has 1 amide bonds. The molecule has 0 saturated heterocycles. The number of hydrogen-bond acceptors (Lipinski definition) is 4. The average Bonchev–Trinajstić information content (AvgIpc) is 3.18. The van der Waals surface area contributed by atoms with Crippen molar-refractivity contribution >= 4 is 5.91 Å². The maximum Gasteiger partial charge on any atom is 0.240 e. The fourth-order valence-electron chi connectivity index (χ4n) is 1.99. The minimum Gasteiger partial charge on any atom is -0.463 e. The van der Waals surface area contributed by atoms with E-state index in [0.717, 1.165) is 0 Å². The monoisotopic (exact) mass is 282 g/mol. The number of amides is 1. The number of aromatic nitrogens is 3. The van der Waals surface area contributed by atoms with Crippen LogP contribution in [0.15, 0.2) is 59.7 Å². The Morgan fingerprint density at radius 2 is 2.00 bits per heavy atom. The largest absolute Gasteiger partial charge is 0.463 e. The number of furan rings is 1. The average molecular weight is 282 g/mol. The zero-order chi connectivity index (χ0) is 14.5. The molecule has 106 valence electrons. The summed E-state index contributed by atoms with van der Waals surface area (Å²) in [5.41, 5.74) is 1.32. The van der Waals surface area contributed by atoms with Crippen molar-refractivity contribution in [2.45, 2.75) is 13.1 Å². The van der Waals surface area contributed by atoms with Crippen LogP contribution in [0.3, 0.4) is 0 Å². The van der Waals surface area contributed by atoms with Crippen LogP contribution in [0.1, 0.15) is 5.69 Å². The first-order valence-electron chi connectivity index (χ1n) is 6.54. The summed E-state index contributed by atoms with van der Waals surface area (Å²) in [5, 5.41) is 2.84. The second kappa shape index (κ2) is 6.04. The highest BCUT2D eigenvalue weighted by Crippen LogP contribution is 2.19. The van der Waals surface area contributed by atoms with Gasteiger partial charge in [-0.15, -0.1) is 0 Å². The zero-order valence-electron chi connectivity index (χ0n) is 11.3. The Hall–Kier alpha value is -2.89. The number of carbonyl (C=O) groups is 1. The van der Waals surface area contributed by atoms with Gasteiger partial charge >= 0.3 is 0 Å². The Morgan fingerprint density at radius 3 is 2.76 bits per heavy atom. The lowest BCUT2D eigenvalue weighted by atomic mass is 10.2. The van der Waals surface area contributed by atoms with Gasteiger partial charge in [0.25, 0.3) is 0 Å². The SMILES string of the molecule is O=C(Cn1cccc1)NCc1nccnc1-c1ccco1. The van der Waals surface area contributed by atoms with Gasteiger partial charge in [-0.25, -0.2) is 4.98 Å². The second-order valence-electron chi connectivity index (χ2n) is 4.46. The summed E-state index contributed by atoms with van der Waals surface area (Å²) >= 11 is 0. The number of hydrogen-bond donors (Lipinski definition) is 1. The van der Waals surface area contributed by atoms with E-state index in [9.17, 15) is 4.79 Å². The van der Waals surface area contributed by atoms with Gasteiger partial charge in [0.2, 0.25) is 5.91 Å². The highest BCUT2D eigenvalue weighted by Gasteiger charge is 2.11. The van der Waals surface area contributed by atoms with Crippen molar-refractivity contribution in [3.63, 3.8) is 0 Å².